The monoisotopic (exact) mass is 419 g/mol. The highest BCUT2D eigenvalue weighted by Gasteiger charge is 2.38. The second kappa shape index (κ2) is 6.88. The first-order valence-electron chi connectivity index (χ1n) is 9.96. The predicted molar refractivity (Wildman–Crippen MR) is 112 cm³/mol. The zero-order chi connectivity index (χ0) is 21.8. The maximum Gasteiger partial charge on any atom is 0.331 e. The van der Waals surface area contributed by atoms with E-state index >= 15 is 0 Å². The molecule has 0 radical (unpaired) electrons. The van der Waals surface area contributed by atoms with Crippen molar-refractivity contribution in [1.29, 1.82) is 5.26 Å². The molecule has 11 nitrogen and oxygen atoms in total. The molecule has 0 aromatic carbocycles. The maximum atomic E-state index is 13.1. The zero-order valence-electron chi connectivity index (χ0n) is 17.5. The largest absolute Gasteiger partial charge is 0.381 e. The third kappa shape index (κ3) is 2.95. The summed E-state index contributed by atoms with van der Waals surface area (Å²) in [6.07, 6.45) is 4.28. The number of fused-ring (bicyclic) bond motifs is 2. The smallest absolute Gasteiger partial charge is 0.331 e. The van der Waals surface area contributed by atoms with E-state index in [4.69, 9.17) is 4.74 Å². The van der Waals surface area contributed by atoms with E-state index in [1.54, 1.807) is 17.8 Å². The zero-order valence-corrected chi connectivity index (χ0v) is 17.5. The number of nitrogens with zero attached hydrogens (tertiary/aromatic N) is 8. The first-order valence-corrected chi connectivity index (χ1v) is 9.96. The van der Waals surface area contributed by atoms with Gasteiger partial charge in [0.1, 0.15) is 16.9 Å². The van der Waals surface area contributed by atoms with Crippen LogP contribution in [0.25, 0.3) is 16.8 Å². The van der Waals surface area contributed by atoms with Gasteiger partial charge in [0, 0.05) is 33.1 Å². The number of nitriles is 1. The van der Waals surface area contributed by atoms with Crippen molar-refractivity contribution >= 4 is 28.4 Å². The number of anilines is 2. The quantitative estimate of drug-likeness (QED) is 0.530. The van der Waals surface area contributed by atoms with Gasteiger partial charge in [0.25, 0.3) is 0 Å². The summed E-state index contributed by atoms with van der Waals surface area (Å²) in [5, 5.41) is 17.5. The topological polar surface area (TPSA) is 128 Å². The average molecular weight is 419 g/mol. The summed E-state index contributed by atoms with van der Waals surface area (Å²) in [5.41, 5.74) is 2.17. The Bertz CT molecular complexity index is 1420. The minimum atomic E-state index is -0.993. The number of pyridine rings is 1. The highest BCUT2D eigenvalue weighted by molar-refractivity contribution is 5.74. The Morgan fingerprint density at radius 3 is 2.77 bits per heavy atom. The number of hydrogen-bond donors (Lipinski definition) is 1. The highest BCUT2D eigenvalue weighted by Crippen LogP contribution is 2.30. The van der Waals surface area contributed by atoms with Crippen molar-refractivity contribution in [3.05, 3.63) is 40.3 Å². The van der Waals surface area contributed by atoms with Crippen molar-refractivity contribution in [2.75, 3.05) is 18.5 Å². The van der Waals surface area contributed by atoms with E-state index in [0.717, 1.165) is 16.9 Å². The lowest BCUT2D eigenvalue weighted by atomic mass is 9.91. The molecule has 0 saturated carbocycles. The molecule has 1 saturated heterocycles. The average Bonchev–Trinajstić information content (AvgIpc) is 3.24. The SMILES string of the molecule is Cc1nc2cc(C)c(Nc3ncc4c(n3)n(C3(C#N)CCOCC3)c(=O)n4C)cn2n1. The van der Waals surface area contributed by atoms with Gasteiger partial charge < -0.3 is 10.1 Å². The van der Waals surface area contributed by atoms with Crippen molar-refractivity contribution < 1.29 is 4.74 Å². The van der Waals surface area contributed by atoms with Crippen molar-refractivity contribution in [2.45, 2.75) is 32.2 Å². The number of rotatable bonds is 3. The van der Waals surface area contributed by atoms with Gasteiger partial charge >= 0.3 is 5.69 Å². The molecule has 0 bridgehead atoms. The van der Waals surface area contributed by atoms with Crippen LogP contribution in [-0.2, 0) is 17.3 Å². The number of imidazole rings is 1. The van der Waals surface area contributed by atoms with Gasteiger partial charge in [0.2, 0.25) is 5.95 Å². The maximum absolute atomic E-state index is 13.1. The molecule has 4 aromatic heterocycles. The van der Waals surface area contributed by atoms with E-state index in [0.29, 0.717) is 49.0 Å². The van der Waals surface area contributed by atoms with Gasteiger partial charge in [-0.05, 0) is 25.5 Å². The summed E-state index contributed by atoms with van der Waals surface area (Å²) >= 11 is 0. The van der Waals surface area contributed by atoms with Crippen molar-refractivity contribution in [2.24, 2.45) is 7.05 Å². The number of aromatic nitrogens is 7. The van der Waals surface area contributed by atoms with Crippen LogP contribution in [0.4, 0.5) is 11.6 Å². The van der Waals surface area contributed by atoms with Crippen molar-refractivity contribution in [3.8, 4) is 6.07 Å². The molecule has 1 N–H and O–H groups in total. The lowest BCUT2D eigenvalue weighted by molar-refractivity contribution is 0.0448. The molecule has 0 atom stereocenters. The van der Waals surface area contributed by atoms with Crippen LogP contribution in [0.3, 0.4) is 0 Å². The number of hydrogen-bond acceptors (Lipinski definition) is 8. The third-order valence-electron chi connectivity index (χ3n) is 5.79. The van der Waals surface area contributed by atoms with Gasteiger partial charge in [0.15, 0.2) is 11.3 Å². The van der Waals surface area contributed by atoms with E-state index in [1.165, 1.54) is 9.13 Å². The highest BCUT2D eigenvalue weighted by atomic mass is 16.5. The van der Waals surface area contributed by atoms with Crippen LogP contribution in [0.15, 0.2) is 23.3 Å². The van der Waals surface area contributed by atoms with Gasteiger partial charge in [-0.1, -0.05) is 0 Å². The van der Waals surface area contributed by atoms with E-state index < -0.39 is 5.54 Å². The minimum Gasteiger partial charge on any atom is -0.381 e. The summed E-state index contributed by atoms with van der Waals surface area (Å²) in [6, 6.07) is 4.27. The number of aryl methyl sites for hydroxylation is 3. The van der Waals surface area contributed by atoms with E-state index in [1.807, 2.05) is 26.1 Å². The minimum absolute atomic E-state index is 0.291. The van der Waals surface area contributed by atoms with Gasteiger partial charge in [0.05, 0.1) is 24.2 Å². The Balaban J connectivity index is 1.63. The Hall–Kier alpha value is -3.78. The molecule has 1 aliphatic heterocycles. The van der Waals surface area contributed by atoms with Crippen LogP contribution in [-0.4, -0.2) is 46.9 Å². The van der Waals surface area contributed by atoms with Crippen LogP contribution in [0.1, 0.15) is 24.2 Å². The predicted octanol–water partition coefficient (Wildman–Crippen LogP) is 1.56. The molecule has 31 heavy (non-hydrogen) atoms. The van der Waals surface area contributed by atoms with E-state index in [2.05, 4.69) is 31.4 Å². The fourth-order valence-corrected chi connectivity index (χ4v) is 4.04. The first kappa shape index (κ1) is 19.2. The summed E-state index contributed by atoms with van der Waals surface area (Å²) < 4.78 is 10.1. The summed E-state index contributed by atoms with van der Waals surface area (Å²) in [4.78, 5) is 26.4. The van der Waals surface area contributed by atoms with Crippen LogP contribution >= 0.6 is 0 Å². The molecular formula is C20H21N9O2. The van der Waals surface area contributed by atoms with Crippen LogP contribution in [0, 0.1) is 25.2 Å². The number of ether oxygens (including phenoxy) is 1. The molecule has 1 aliphatic rings. The summed E-state index contributed by atoms with van der Waals surface area (Å²) in [5.74, 6) is 1.01. The molecule has 5 heterocycles. The third-order valence-corrected chi connectivity index (χ3v) is 5.79. The molecule has 158 valence electrons. The summed E-state index contributed by atoms with van der Waals surface area (Å²) in [6.45, 7) is 4.63. The molecule has 5 rings (SSSR count). The van der Waals surface area contributed by atoms with Crippen molar-refractivity contribution in [1.82, 2.24) is 33.7 Å². The molecule has 0 spiro atoms. The Morgan fingerprint density at radius 1 is 1.26 bits per heavy atom. The normalized spacial score (nSPS) is 15.9. The molecule has 0 unspecified atom stereocenters. The second-order valence-electron chi connectivity index (χ2n) is 7.79. The standard InChI is InChI=1S/C20H21N9O2/c1-12-8-16-23-13(2)26-28(16)10-14(12)24-18-22-9-15-17(25-18)29(19(30)27(15)3)20(11-21)4-6-31-7-5-20/h8-10H,4-7H2,1-3H3,(H,22,24,25). The Labute approximate surface area is 176 Å². The molecule has 11 heteroatoms. The molecule has 4 aromatic rings. The molecular weight excluding hydrogens is 398 g/mol. The molecule has 1 fully saturated rings. The van der Waals surface area contributed by atoms with Gasteiger partial charge in [-0.15, -0.1) is 0 Å². The van der Waals surface area contributed by atoms with Crippen LogP contribution < -0.4 is 11.0 Å². The molecule has 0 amide bonds. The Kier molecular flexibility index (Phi) is 4.26. The van der Waals surface area contributed by atoms with Gasteiger partial charge in [-0.3, -0.25) is 9.13 Å². The fraction of sp³-hybridized carbons (Fsp3) is 0.400. The number of nitrogens with one attached hydrogen (secondary N) is 1. The fourth-order valence-electron chi connectivity index (χ4n) is 4.04. The van der Waals surface area contributed by atoms with Gasteiger partial charge in [-0.25, -0.2) is 19.3 Å². The molecule has 0 aliphatic carbocycles. The van der Waals surface area contributed by atoms with Crippen LogP contribution in [0.5, 0.6) is 0 Å². The van der Waals surface area contributed by atoms with Crippen LogP contribution in [0.2, 0.25) is 0 Å². The van der Waals surface area contributed by atoms with E-state index in [-0.39, 0.29) is 5.69 Å². The van der Waals surface area contributed by atoms with Gasteiger partial charge in [-0.2, -0.15) is 15.3 Å². The van der Waals surface area contributed by atoms with E-state index in [9.17, 15) is 10.1 Å². The first-order chi connectivity index (χ1) is 14.9. The van der Waals surface area contributed by atoms with Crippen molar-refractivity contribution in [3.63, 3.8) is 0 Å². The summed E-state index contributed by atoms with van der Waals surface area (Å²) in [7, 11) is 1.66. The lowest BCUT2D eigenvalue weighted by Crippen LogP contribution is -2.44. The lowest BCUT2D eigenvalue weighted by Gasteiger charge is -2.31. The second-order valence-corrected chi connectivity index (χ2v) is 7.79. The Morgan fingerprint density at radius 2 is 2.03 bits per heavy atom.